The summed E-state index contributed by atoms with van der Waals surface area (Å²) in [6.45, 7) is 0. The van der Waals surface area contributed by atoms with Crippen LogP contribution in [0.2, 0.25) is 0 Å². The number of rotatable bonds is 1. The third kappa shape index (κ3) is 1.89. The van der Waals surface area contributed by atoms with Crippen molar-refractivity contribution in [3.8, 4) is 0 Å². The van der Waals surface area contributed by atoms with Crippen molar-refractivity contribution < 1.29 is 17.2 Å². The van der Waals surface area contributed by atoms with Crippen LogP contribution in [0.4, 0.5) is 8.78 Å². The van der Waals surface area contributed by atoms with E-state index in [2.05, 4.69) is 4.98 Å². The van der Waals surface area contributed by atoms with Gasteiger partial charge in [0.25, 0.3) is 9.05 Å². The zero-order valence-corrected chi connectivity index (χ0v) is 7.03. The lowest BCUT2D eigenvalue weighted by atomic mass is 10.5. The molecule has 1 heterocycles. The highest BCUT2D eigenvalue weighted by atomic mass is 35.7. The van der Waals surface area contributed by atoms with Gasteiger partial charge < -0.3 is 0 Å². The Hall–Kier alpha value is -0.750. The molecule has 0 aliphatic heterocycles. The lowest BCUT2D eigenvalue weighted by Gasteiger charge is -1.94. The van der Waals surface area contributed by atoms with E-state index >= 15 is 0 Å². The molecule has 0 N–H and O–H groups in total. The van der Waals surface area contributed by atoms with Gasteiger partial charge in [-0.2, -0.15) is 4.39 Å². The minimum atomic E-state index is -4.04. The van der Waals surface area contributed by atoms with Crippen LogP contribution in [-0.2, 0) is 9.05 Å². The van der Waals surface area contributed by atoms with E-state index in [4.69, 9.17) is 10.7 Å². The average Bonchev–Trinajstić information content (AvgIpc) is 1.92. The smallest absolute Gasteiger partial charge is 0.224 e. The molecule has 0 amide bonds. The number of hydrogen-bond donors (Lipinski definition) is 0. The number of pyridine rings is 1. The van der Waals surface area contributed by atoms with E-state index in [1.807, 2.05) is 0 Å². The van der Waals surface area contributed by atoms with Crippen LogP contribution in [-0.4, -0.2) is 13.4 Å². The SMILES string of the molecule is O=S(=O)(Cl)c1cnc(F)c(F)c1. The molecule has 0 aliphatic rings. The summed E-state index contributed by atoms with van der Waals surface area (Å²) in [6.07, 6.45) is 0.640. The number of nitrogens with zero attached hydrogens (tertiary/aromatic N) is 1. The largest absolute Gasteiger partial charge is 0.262 e. The van der Waals surface area contributed by atoms with E-state index in [0.29, 0.717) is 12.3 Å². The van der Waals surface area contributed by atoms with Crippen molar-refractivity contribution in [3.05, 3.63) is 24.0 Å². The Morgan fingerprint density at radius 1 is 1.42 bits per heavy atom. The minimum absolute atomic E-state index is 0.463. The van der Waals surface area contributed by atoms with E-state index in [9.17, 15) is 17.2 Å². The Kier molecular flexibility index (Phi) is 2.29. The molecule has 0 aliphatic carbocycles. The monoisotopic (exact) mass is 213 g/mol. The molecule has 0 radical (unpaired) electrons. The highest BCUT2D eigenvalue weighted by molar-refractivity contribution is 8.13. The first kappa shape index (κ1) is 9.34. The third-order valence-corrected chi connectivity index (χ3v) is 2.37. The van der Waals surface area contributed by atoms with Crippen LogP contribution in [0.25, 0.3) is 0 Å². The van der Waals surface area contributed by atoms with Crippen LogP contribution >= 0.6 is 10.7 Å². The van der Waals surface area contributed by atoms with Gasteiger partial charge in [-0.15, -0.1) is 0 Å². The summed E-state index contributed by atoms with van der Waals surface area (Å²) in [5.41, 5.74) is 0. The van der Waals surface area contributed by atoms with Gasteiger partial charge in [0, 0.05) is 16.7 Å². The van der Waals surface area contributed by atoms with Gasteiger partial charge in [-0.25, -0.2) is 17.8 Å². The topological polar surface area (TPSA) is 47.0 Å². The molecule has 1 aromatic rings. The first-order chi connectivity index (χ1) is 5.41. The van der Waals surface area contributed by atoms with Crippen molar-refractivity contribution in [2.75, 3.05) is 0 Å². The molecule has 1 aromatic heterocycles. The Bertz CT molecular complexity index is 406. The fourth-order valence-electron chi connectivity index (χ4n) is 0.537. The van der Waals surface area contributed by atoms with Crippen LogP contribution in [0.1, 0.15) is 0 Å². The fraction of sp³-hybridized carbons (Fsp3) is 0. The van der Waals surface area contributed by atoms with Crippen molar-refractivity contribution in [1.82, 2.24) is 4.98 Å². The van der Waals surface area contributed by atoms with Crippen molar-refractivity contribution in [3.63, 3.8) is 0 Å². The van der Waals surface area contributed by atoms with Gasteiger partial charge in [0.1, 0.15) is 4.90 Å². The molecule has 0 fully saturated rings. The summed E-state index contributed by atoms with van der Waals surface area (Å²) in [5, 5.41) is 0. The van der Waals surface area contributed by atoms with Crippen LogP contribution in [0.15, 0.2) is 17.2 Å². The van der Waals surface area contributed by atoms with Gasteiger partial charge in [0.05, 0.1) is 6.20 Å². The zero-order chi connectivity index (χ0) is 9.35. The highest BCUT2D eigenvalue weighted by Gasteiger charge is 2.13. The lowest BCUT2D eigenvalue weighted by Crippen LogP contribution is -1.96. The number of halogens is 3. The molecule has 0 saturated carbocycles. The van der Waals surface area contributed by atoms with Gasteiger partial charge >= 0.3 is 0 Å². The number of aromatic nitrogens is 1. The van der Waals surface area contributed by atoms with E-state index < -0.39 is 25.7 Å². The van der Waals surface area contributed by atoms with Gasteiger partial charge in [-0.3, -0.25) is 0 Å². The maximum Gasteiger partial charge on any atom is 0.262 e. The second-order valence-corrected chi connectivity index (χ2v) is 4.45. The molecular formula is C5H2ClF2NO2S. The molecule has 1 rings (SSSR count). The normalized spacial score (nSPS) is 11.6. The molecule has 0 spiro atoms. The maximum atomic E-state index is 12.3. The molecule has 0 aromatic carbocycles. The zero-order valence-electron chi connectivity index (χ0n) is 5.46. The summed E-state index contributed by atoms with van der Waals surface area (Å²) < 4.78 is 45.6. The van der Waals surface area contributed by atoms with E-state index in [0.717, 1.165) is 0 Å². The Balaban J connectivity index is 3.33. The Labute approximate surface area is 71.4 Å². The lowest BCUT2D eigenvalue weighted by molar-refractivity contribution is 0.474. The highest BCUT2D eigenvalue weighted by Crippen LogP contribution is 2.15. The van der Waals surface area contributed by atoms with E-state index in [-0.39, 0.29) is 0 Å². The molecule has 12 heavy (non-hydrogen) atoms. The second kappa shape index (κ2) is 2.95. The van der Waals surface area contributed by atoms with Crippen LogP contribution in [0.5, 0.6) is 0 Å². The Morgan fingerprint density at radius 3 is 2.42 bits per heavy atom. The third-order valence-electron chi connectivity index (χ3n) is 1.05. The van der Waals surface area contributed by atoms with Gasteiger partial charge in [-0.05, 0) is 0 Å². The van der Waals surface area contributed by atoms with Crippen LogP contribution < -0.4 is 0 Å². The molecule has 0 bridgehead atoms. The van der Waals surface area contributed by atoms with E-state index in [1.165, 1.54) is 0 Å². The molecule has 3 nitrogen and oxygen atoms in total. The van der Waals surface area contributed by atoms with Crippen molar-refractivity contribution in [2.24, 2.45) is 0 Å². The molecule has 66 valence electrons. The van der Waals surface area contributed by atoms with Crippen molar-refractivity contribution >= 4 is 19.7 Å². The van der Waals surface area contributed by atoms with Crippen molar-refractivity contribution in [2.45, 2.75) is 4.90 Å². The summed E-state index contributed by atoms with van der Waals surface area (Å²) in [5.74, 6) is -2.71. The minimum Gasteiger partial charge on any atom is -0.224 e. The predicted molar refractivity (Wildman–Crippen MR) is 37.2 cm³/mol. The van der Waals surface area contributed by atoms with Crippen LogP contribution in [0.3, 0.4) is 0 Å². The quantitative estimate of drug-likeness (QED) is 0.522. The van der Waals surface area contributed by atoms with E-state index in [1.54, 1.807) is 0 Å². The predicted octanol–water partition coefficient (Wildman–Crippen LogP) is 1.29. The molecule has 0 atom stereocenters. The van der Waals surface area contributed by atoms with Gasteiger partial charge in [0.15, 0.2) is 5.82 Å². The first-order valence-electron chi connectivity index (χ1n) is 2.67. The summed E-state index contributed by atoms with van der Waals surface area (Å²) >= 11 is 0. The molecule has 7 heteroatoms. The van der Waals surface area contributed by atoms with Gasteiger partial charge in [-0.1, -0.05) is 0 Å². The van der Waals surface area contributed by atoms with Crippen LogP contribution in [0, 0.1) is 11.8 Å². The van der Waals surface area contributed by atoms with Gasteiger partial charge in [0.2, 0.25) is 5.95 Å². The number of hydrogen-bond acceptors (Lipinski definition) is 3. The fourth-order valence-corrected chi connectivity index (χ4v) is 1.21. The average molecular weight is 214 g/mol. The molecule has 0 saturated heterocycles. The standard InChI is InChI=1S/C5H2ClF2NO2S/c6-12(10,11)3-1-4(7)5(8)9-2-3/h1-2H. The Morgan fingerprint density at radius 2 is 2.00 bits per heavy atom. The van der Waals surface area contributed by atoms with Crippen molar-refractivity contribution in [1.29, 1.82) is 0 Å². The summed E-state index contributed by atoms with van der Waals surface area (Å²) in [6, 6.07) is 0.463. The molecule has 0 unspecified atom stereocenters. The summed E-state index contributed by atoms with van der Waals surface area (Å²) in [7, 11) is 0.787. The second-order valence-electron chi connectivity index (χ2n) is 1.88. The molecular weight excluding hydrogens is 212 g/mol. The maximum absolute atomic E-state index is 12.3. The summed E-state index contributed by atoms with van der Waals surface area (Å²) in [4.78, 5) is 2.27. The first-order valence-corrected chi connectivity index (χ1v) is 4.98.